The molecule has 4 unspecified atom stereocenters. The van der Waals surface area contributed by atoms with Crippen LogP contribution >= 0.6 is 0 Å². The van der Waals surface area contributed by atoms with E-state index in [0.29, 0.717) is 11.1 Å². The first-order valence-corrected chi connectivity index (χ1v) is 7.83. The van der Waals surface area contributed by atoms with E-state index in [4.69, 9.17) is 0 Å². The Morgan fingerprint density at radius 3 is 1.52 bits per heavy atom. The first-order valence-electron chi connectivity index (χ1n) is 6.35. The zero-order chi connectivity index (χ0) is 16.1. The van der Waals surface area contributed by atoms with Crippen molar-refractivity contribution in [2.75, 3.05) is 0 Å². The lowest BCUT2D eigenvalue weighted by atomic mass is 10.0. The summed E-state index contributed by atoms with van der Waals surface area (Å²) in [6, 6.07) is 0. The van der Waals surface area contributed by atoms with Crippen LogP contribution in [0, 0.1) is 0 Å². The zero-order valence-electron chi connectivity index (χ0n) is 11.6. The van der Waals surface area contributed by atoms with Gasteiger partial charge in [0.2, 0.25) is 19.7 Å². The van der Waals surface area contributed by atoms with Crippen LogP contribution in [0.5, 0.6) is 0 Å². The molecule has 0 heterocycles. The Morgan fingerprint density at radius 1 is 0.905 bits per heavy atom. The van der Waals surface area contributed by atoms with Gasteiger partial charge in [-0.15, -0.1) is 0 Å². The summed E-state index contributed by atoms with van der Waals surface area (Å²) in [6.45, 7) is 3.25. The van der Waals surface area contributed by atoms with E-state index < -0.39 is 31.9 Å². The molecule has 0 aromatic heterocycles. The molecule has 2 aliphatic rings. The molecular formula is C14H18O6S. The third-order valence-corrected chi connectivity index (χ3v) is 6.20. The molecule has 0 bridgehead atoms. The van der Waals surface area contributed by atoms with E-state index in [1.165, 1.54) is 24.3 Å². The van der Waals surface area contributed by atoms with Crippen LogP contribution in [0.15, 0.2) is 47.6 Å². The van der Waals surface area contributed by atoms with Crippen LogP contribution in [-0.4, -0.2) is 50.9 Å². The fourth-order valence-electron chi connectivity index (χ4n) is 2.31. The lowest BCUT2D eigenvalue weighted by Gasteiger charge is -2.39. The summed E-state index contributed by atoms with van der Waals surface area (Å²) < 4.78 is 25.3. The van der Waals surface area contributed by atoms with Gasteiger partial charge >= 0.3 is 0 Å². The highest BCUT2D eigenvalue weighted by Gasteiger charge is 2.59. The average molecular weight is 314 g/mol. The Bertz CT molecular complexity index is 620. The predicted molar refractivity (Wildman–Crippen MR) is 76.6 cm³/mol. The lowest BCUT2D eigenvalue weighted by molar-refractivity contribution is 0.0141. The highest BCUT2D eigenvalue weighted by molar-refractivity contribution is 7.94. The van der Waals surface area contributed by atoms with Crippen molar-refractivity contribution in [1.82, 2.24) is 0 Å². The number of aliphatic hydroxyl groups excluding tert-OH is 2. The Kier molecular flexibility index (Phi) is 3.76. The van der Waals surface area contributed by atoms with Gasteiger partial charge in [-0.2, -0.15) is 0 Å². The Labute approximate surface area is 123 Å². The van der Waals surface area contributed by atoms with E-state index in [0.717, 1.165) is 12.2 Å². The van der Waals surface area contributed by atoms with Gasteiger partial charge in [-0.25, -0.2) is 8.42 Å². The van der Waals surface area contributed by atoms with Crippen LogP contribution in [0.1, 0.15) is 13.8 Å². The molecule has 0 saturated heterocycles. The molecule has 116 valence electrons. The predicted octanol–water partition coefficient (Wildman–Crippen LogP) is -0.468. The van der Waals surface area contributed by atoms with Crippen molar-refractivity contribution in [2.45, 2.75) is 35.9 Å². The van der Waals surface area contributed by atoms with Crippen molar-refractivity contribution >= 4 is 9.84 Å². The molecule has 0 aliphatic heterocycles. The normalized spacial score (nSPS) is 39.9. The Balaban J connectivity index is 2.54. The van der Waals surface area contributed by atoms with Crippen molar-refractivity contribution < 1.29 is 28.8 Å². The zero-order valence-corrected chi connectivity index (χ0v) is 12.4. The summed E-state index contributed by atoms with van der Waals surface area (Å²) in [7, 11) is -4.78. The molecular weight excluding hydrogens is 296 g/mol. The van der Waals surface area contributed by atoms with Gasteiger partial charge < -0.3 is 20.4 Å². The topological polar surface area (TPSA) is 115 Å². The van der Waals surface area contributed by atoms with Crippen LogP contribution in [0.2, 0.25) is 0 Å². The smallest absolute Gasteiger partial charge is 0.222 e. The fraction of sp³-hybridized carbons (Fsp3) is 0.429. The maximum absolute atomic E-state index is 12.6. The number of allylic oxidation sites excluding steroid dienone is 4. The Morgan fingerprint density at radius 2 is 1.24 bits per heavy atom. The minimum atomic E-state index is -4.78. The van der Waals surface area contributed by atoms with Crippen LogP contribution in [0.25, 0.3) is 0 Å². The van der Waals surface area contributed by atoms with Crippen molar-refractivity contribution in [1.29, 1.82) is 0 Å². The summed E-state index contributed by atoms with van der Waals surface area (Å²) in [5.74, 6) is 0. The molecule has 0 amide bonds. The number of hydrogen-bond donors (Lipinski definition) is 4. The van der Waals surface area contributed by atoms with Gasteiger partial charge in [0.1, 0.15) is 12.2 Å². The monoisotopic (exact) mass is 314 g/mol. The first kappa shape index (κ1) is 16.1. The molecule has 7 heteroatoms. The molecule has 0 saturated carbocycles. The highest BCUT2D eigenvalue weighted by Crippen LogP contribution is 2.38. The average Bonchev–Trinajstić information content (AvgIpc) is 2.38. The van der Waals surface area contributed by atoms with Crippen molar-refractivity contribution in [3.05, 3.63) is 47.6 Å². The highest BCUT2D eigenvalue weighted by atomic mass is 32.2. The molecule has 0 fully saturated rings. The molecule has 4 atom stereocenters. The SMILES string of the molecule is CC1=CC(O)C(O)(S(=O)(=O)C2(O)C=CC(C)=CC2O)C=C1. The number of rotatable bonds is 2. The summed E-state index contributed by atoms with van der Waals surface area (Å²) in [6.07, 6.45) is 3.31. The van der Waals surface area contributed by atoms with Gasteiger partial charge in [0, 0.05) is 0 Å². The molecule has 0 spiro atoms. The van der Waals surface area contributed by atoms with E-state index in [2.05, 4.69) is 0 Å². The van der Waals surface area contributed by atoms with Crippen molar-refractivity contribution in [2.24, 2.45) is 0 Å². The fourth-order valence-corrected chi connectivity index (χ4v) is 4.10. The molecule has 6 nitrogen and oxygen atoms in total. The van der Waals surface area contributed by atoms with Crippen molar-refractivity contribution in [3.63, 3.8) is 0 Å². The maximum atomic E-state index is 12.6. The van der Waals surface area contributed by atoms with E-state index in [9.17, 15) is 28.8 Å². The number of aliphatic hydroxyl groups is 4. The van der Waals surface area contributed by atoms with Gasteiger partial charge in [0.25, 0.3) is 0 Å². The Hall–Kier alpha value is -1.25. The maximum Gasteiger partial charge on any atom is 0.222 e. The van der Waals surface area contributed by atoms with E-state index in [1.54, 1.807) is 13.8 Å². The standard InChI is InChI=1S/C14H18O6S/c1-9-3-5-13(17,11(15)7-9)21(19,20)14(18)6-4-10(2)8-12(14)16/h3-8,11-12,15-18H,1-2H3. The van der Waals surface area contributed by atoms with Gasteiger partial charge in [0.15, 0.2) is 0 Å². The third kappa shape index (κ3) is 2.21. The van der Waals surface area contributed by atoms with E-state index >= 15 is 0 Å². The van der Waals surface area contributed by atoms with Gasteiger partial charge in [-0.3, -0.25) is 0 Å². The first-order chi connectivity index (χ1) is 9.54. The van der Waals surface area contributed by atoms with Crippen LogP contribution < -0.4 is 0 Å². The summed E-state index contributed by atoms with van der Waals surface area (Å²) in [4.78, 5) is -5.43. The van der Waals surface area contributed by atoms with Crippen LogP contribution in [0.4, 0.5) is 0 Å². The third-order valence-electron chi connectivity index (χ3n) is 3.72. The van der Waals surface area contributed by atoms with E-state index in [-0.39, 0.29) is 0 Å². The van der Waals surface area contributed by atoms with E-state index in [1.807, 2.05) is 0 Å². The second-order valence-electron chi connectivity index (χ2n) is 5.38. The molecule has 0 radical (unpaired) electrons. The molecule has 2 rings (SSSR count). The van der Waals surface area contributed by atoms with Crippen LogP contribution in [-0.2, 0) is 9.84 Å². The van der Waals surface area contributed by atoms with Gasteiger partial charge in [-0.05, 0) is 38.2 Å². The summed E-state index contributed by atoms with van der Waals surface area (Å²) in [5, 5.41) is 40.6. The van der Waals surface area contributed by atoms with Gasteiger partial charge in [0.05, 0.1) is 0 Å². The minimum Gasteiger partial charge on any atom is -0.384 e. The summed E-state index contributed by atoms with van der Waals surface area (Å²) >= 11 is 0. The number of hydrogen-bond acceptors (Lipinski definition) is 6. The molecule has 0 aromatic carbocycles. The lowest BCUT2D eigenvalue weighted by Crippen LogP contribution is -2.61. The second kappa shape index (κ2) is 4.89. The molecule has 0 aromatic rings. The quantitative estimate of drug-likeness (QED) is 0.548. The summed E-state index contributed by atoms with van der Waals surface area (Å²) in [5.41, 5.74) is 1.15. The second-order valence-corrected chi connectivity index (χ2v) is 7.70. The minimum absolute atomic E-state index is 0.574. The number of sulfone groups is 1. The molecule has 2 aliphatic carbocycles. The van der Waals surface area contributed by atoms with Crippen LogP contribution in [0.3, 0.4) is 0 Å². The van der Waals surface area contributed by atoms with Gasteiger partial charge in [-0.1, -0.05) is 23.3 Å². The molecule has 4 N–H and O–H groups in total. The largest absolute Gasteiger partial charge is 0.384 e. The van der Waals surface area contributed by atoms with Crippen molar-refractivity contribution in [3.8, 4) is 0 Å². The molecule has 21 heavy (non-hydrogen) atoms.